The van der Waals surface area contributed by atoms with Crippen LogP contribution < -0.4 is 14.2 Å². The molecule has 2 heterocycles. The molecule has 5 heteroatoms. The molecule has 1 aliphatic rings. The number of rotatable bonds is 8. The van der Waals surface area contributed by atoms with Gasteiger partial charge in [-0.3, -0.25) is 4.90 Å². The van der Waals surface area contributed by atoms with Crippen molar-refractivity contribution in [1.82, 2.24) is 4.90 Å². The van der Waals surface area contributed by atoms with Gasteiger partial charge in [0.25, 0.3) is 0 Å². The highest BCUT2D eigenvalue weighted by molar-refractivity contribution is 5.90. The van der Waals surface area contributed by atoms with E-state index < -0.39 is 0 Å². The van der Waals surface area contributed by atoms with E-state index in [4.69, 9.17) is 18.6 Å². The normalized spacial score (nSPS) is 13.6. The molecule has 0 amide bonds. The molecule has 1 aromatic heterocycles. The van der Waals surface area contributed by atoms with E-state index in [1.54, 1.807) is 14.2 Å². The maximum Gasteiger partial charge on any atom is 0.176 e. The average molecular weight is 458 g/mol. The third-order valence-corrected chi connectivity index (χ3v) is 6.45. The van der Waals surface area contributed by atoms with Crippen molar-refractivity contribution in [2.45, 2.75) is 32.9 Å². The Bertz CT molecular complexity index is 1280. The molecule has 0 saturated heterocycles. The fourth-order valence-electron chi connectivity index (χ4n) is 4.68. The number of methoxy groups -OCH3 is 2. The SMILES string of the molecule is CCCOc1ccc(CN2CCc3cc(OC)c(OC)cc3C2)c2cc(-c3ccccc3)oc12. The Balaban J connectivity index is 1.46. The van der Waals surface area contributed by atoms with Gasteiger partial charge in [0, 0.05) is 30.6 Å². The van der Waals surface area contributed by atoms with Crippen LogP contribution in [-0.4, -0.2) is 32.3 Å². The summed E-state index contributed by atoms with van der Waals surface area (Å²) in [7, 11) is 3.38. The van der Waals surface area contributed by atoms with E-state index in [2.05, 4.69) is 54.3 Å². The highest BCUT2D eigenvalue weighted by Crippen LogP contribution is 2.38. The third kappa shape index (κ3) is 4.36. The Hall–Kier alpha value is -3.44. The standard InChI is InChI=1S/C29H31NO4/c1-4-14-33-25-11-10-22(24-17-26(34-29(24)25)20-8-6-5-7-9-20)18-30-13-12-21-15-27(31-2)28(32-3)16-23(21)19-30/h5-11,15-17H,4,12-14,18-19H2,1-3H3. The van der Waals surface area contributed by atoms with Crippen LogP contribution in [0.2, 0.25) is 0 Å². The maximum atomic E-state index is 6.35. The predicted molar refractivity (Wildman–Crippen MR) is 135 cm³/mol. The van der Waals surface area contributed by atoms with Crippen molar-refractivity contribution >= 4 is 11.0 Å². The Labute approximate surface area is 200 Å². The van der Waals surface area contributed by atoms with Gasteiger partial charge in [0.1, 0.15) is 5.76 Å². The molecule has 3 aromatic carbocycles. The summed E-state index contributed by atoms with van der Waals surface area (Å²) in [5.74, 6) is 3.25. The lowest BCUT2D eigenvalue weighted by Gasteiger charge is -2.29. The zero-order valence-electron chi connectivity index (χ0n) is 20.1. The van der Waals surface area contributed by atoms with E-state index in [0.29, 0.717) is 6.61 Å². The van der Waals surface area contributed by atoms with Gasteiger partial charge in [0.05, 0.1) is 20.8 Å². The fourth-order valence-corrected chi connectivity index (χ4v) is 4.68. The largest absolute Gasteiger partial charge is 0.493 e. The highest BCUT2D eigenvalue weighted by Gasteiger charge is 2.22. The molecule has 0 fully saturated rings. The number of hydrogen-bond acceptors (Lipinski definition) is 5. The van der Waals surface area contributed by atoms with Crippen LogP contribution in [0.3, 0.4) is 0 Å². The Morgan fingerprint density at radius 3 is 2.38 bits per heavy atom. The molecular formula is C29H31NO4. The summed E-state index contributed by atoms with van der Waals surface area (Å²) in [6.07, 6.45) is 1.94. The maximum absolute atomic E-state index is 6.35. The molecule has 0 radical (unpaired) electrons. The van der Waals surface area contributed by atoms with Gasteiger partial charge in [-0.2, -0.15) is 0 Å². The van der Waals surface area contributed by atoms with Gasteiger partial charge in [0.2, 0.25) is 0 Å². The van der Waals surface area contributed by atoms with E-state index in [0.717, 1.165) is 72.0 Å². The average Bonchev–Trinajstić information content (AvgIpc) is 3.34. The zero-order valence-corrected chi connectivity index (χ0v) is 20.1. The molecule has 5 nitrogen and oxygen atoms in total. The van der Waals surface area contributed by atoms with Crippen LogP contribution in [0.5, 0.6) is 17.2 Å². The molecule has 0 N–H and O–H groups in total. The van der Waals surface area contributed by atoms with Crippen molar-refractivity contribution in [3.05, 3.63) is 77.4 Å². The monoisotopic (exact) mass is 457 g/mol. The van der Waals surface area contributed by atoms with Gasteiger partial charge < -0.3 is 18.6 Å². The highest BCUT2D eigenvalue weighted by atomic mass is 16.5. The zero-order chi connectivity index (χ0) is 23.5. The smallest absolute Gasteiger partial charge is 0.176 e. The minimum Gasteiger partial charge on any atom is -0.493 e. The van der Waals surface area contributed by atoms with Gasteiger partial charge in [-0.15, -0.1) is 0 Å². The summed E-state index contributed by atoms with van der Waals surface area (Å²) in [4.78, 5) is 2.48. The summed E-state index contributed by atoms with van der Waals surface area (Å²) in [6, 6.07) is 20.9. The van der Waals surface area contributed by atoms with E-state index in [1.165, 1.54) is 16.7 Å². The molecular weight excluding hydrogens is 426 g/mol. The van der Waals surface area contributed by atoms with Crippen LogP contribution in [0.1, 0.15) is 30.0 Å². The van der Waals surface area contributed by atoms with Gasteiger partial charge in [0.15, 0.2) is 22.8 Å². The molecule has 176 valence electrons. The first-order chi connectivity index (χ1) is 16.7. The van der Waals surface area contributed by atoms with E-state index in [9.17, 15) is 0 Å². The second kappa shape index (κ2) is 9.82. The van der Waals surface area contributed by atoms with Crippen molar-refractivity contribution in [3.8, 4) is 28.6 Å². The van der Waals surface area contributed by atoms with Gasteiger partial charge >= 0.3 is 0 Å². The third-order valence-electron chi connectivity index (χ3n) is 6.45. The van der Waals surface area contributed by atoms with Crippen molar-refractivity contribution in [2.75, 3.05) is 27.4 Å². The predicted octanol–water partition coefficient (Wildman–Crippen LogP) is 6.46. The van der Waals surface area contributed by atoms with Crippen LogP contribution in [0.15, 0.2) is 65.1 Å². The summed E-state index contributed by atoms with van der Waals surface area (Å²) < 4.78 is 23.4. The molecule has 34 heavy (non-hydrogen) atoms. The number of hydrogen-bond donors (Lipinski definition) is 0. The summed E-state index contributed by atoms with van der Waals surface area (Å²) in [5, 5.41) is 1.12. The lowest BCUT2D eigenvalue weighted by molar-refractivity contribution is 0.245. The number of benzene rings is 3. The Kier molecular flexibility index (Phi) is 6.45. The molecule has 0 bridgehead atoms. The molecule has 0 aliphatic carbocycles. The molecule has 0 unspecified atom stereocenters. The van der Waals surface area contributed by atoms with Gasteiger partial charge in [-0.1, -0.05) is 43.3 Å². The van der Waals surface area contributed by atoms with Crippen molar-refractivity contribution in [1.29, 1.82) is 0 Å². The van der Waals surface area contributed by atoms with E-state index >= 15 is 0 Å². The molecule has 1 aliphatic heterocycles. The number of nitrogens with zero attached hydrogens (tertiary/aromatic N) is 1. The first-order valence-corrected chi connectivity index (χ1v) is 11.9. The lowest BCUT2D eigenvalue weighted by atomic mass is 9.98. The van der Waals surface area contributed by atoms with Gasteiger partial charge in [-0.05, 0) is 53.8 Å². The van der Waals surface area contributed by atoms with E-state index in [-0.39, 0.29) is 0 Å². The minimum atomic E-state index is 0.671. The summed E-state index contributed by atoms with van der Waals surface area (Å²) in [6.45, 7) is 5.48. The summed E-state index contributed by atoms with van der Waals surface area (Å²) >= 11 is 0. The Morgan fingerprint density at radius 1 is 0.882 bits per heavy atom. The summed E-state index contributed by atoms with van der Waals surface area (Å²) in [5.41, 5.74) is 5.76. The van der Waals surface area contributed by atoms with Crippen LogP contribution in [0, 0.1) is 0 Å². The van der Waals surface area contributed by atoms with Crippen molar-refractivity contribution in [3.63, 3.8) is 0 Å². The van der Waals surface area contributed by atoms with Crippen LogP contribution in [-0.2, 0) is 19.5 Å². The number of furan rings is 1. The van der Waals surface area contributed by atoms with Crippen LogP contribution in [0.25, 0.3) is 22.3 Å². The van der Waals surface area contributed by atoms with Crippen LogP contribution in [0.4, 0.5) is 0 Å². The van der Waals surface area contributed by atoms with Crippen molar-refractivity contribution < 1.29 is 18.6 Å². The Morgan fingerprint density at radius 2 is 1.65 bits per heavy atom. The minimum absolute atomic E-state index is 0.671. The van der Waals surface area contributed by atoms with Crippen molar-refractivity contribution in [2.24, 2.45) is 0 Å². The molecule has 0 spiro atoms. The quantitative estimate of drug-likeness (QED) is 0.304. The first kappa shape index (κ1) is 22.4. The molecule has 0 saturated carbocycles. The molecule has 0 atom stereocenters. The second-order valence-electron chi connectivity index (χ2n) is 8.73. The number of fused-ring (bicyclic) bond motifs is 2. The molecule has 5 rings (SSSR count). The topological polar surface area (TPSA) is 44.1 Å². The fraction of sp³-hybridized carbons (Fsp3) is 0.310. The van der Waals surface area contributed by atoms with Crippen LogP contribution >= 0.6 is 0 Å². The van der Waals surface area contributed by atoms with E-state index in [1.807, 2.05) is 18.2 Å². The molecule has 4 aromatic rings. The van der Waals surface area contributed by atoms with Gasteiger partial charge in [-0.25, -0.2) is 0 Å². The number of ether oxygens (including phenoxy) is 3. The second-order valence-corrected chi connectivity index (χ2v) is 8.73. The lowest BCUT2D eigenvalue weighted by Crippen LogP contribution is -2.30. The first-order valence-electron chi connectivity index (χ1n) is 11.9.